The summed E-state index contributed by atoms with van der Waals surface area (Å²) in [5.74, 6) is 0.0347. The third-order valence-electron chi connectivity index (χ3n) is 2.75. The molecule has 2 rings (SSSR count). The van der Waals surface area contributed by atoms with Crippen molar-refractivity contribution in [3.05, 3.63) is 0 Å². The third-order valence-corrected chi connectivity index (χ3v) is 4.70. The van der Waals surface area contributed by atoms with Gasteiger partial charge in [-0.15, -0.1) is 12.4 Å². The number of hydrogen-bond donors (Lipinski definition) is 1. The Balaban J connectivity index is 0.00000144. The summed E-state index contributed by atoms with van der Waals surface area (Å²) in [5.41, 5.74) is 0. The first-order chi connectivity index (χ1) is 7.68. The number of hydrogen-bond acceptors (Lipinski definition) is 5. The van der Waals surface area contributed by atoms with E-state index in [1.807, 2.05) is 0 Å². The summed E-state index contributed by atoms with van der Waals surface area (Å²) in [4.78, 5) is 0. The minimum Gasteiger partial charge on any atom is -0.376 e. The van der Waals surface area contributed by atoms with Gasteiger partial charge in [-0.2, -0.15) is 4.31 Å². The molecular formula is C9H19ClN2O4S. The summed E-state index contributed by atoms with van der Waals surface area (Å²) >= 11 is 0. The molecule has 0 bridgehead atoms. The summed E-state index contributed by atoms with van der Waals surface area (Å²) in [6, 6.07) is 0. The van der Waals surface area contributed by atoms with Crippen LogP contribution in [0, 0.1) is 0 Å². The largest absolute Gasteiger partial charge is 0.376 e. The molecule has 2 fully saturated rings. The van der Waals surface area contributed by atoms with E-state index in [0.717, 1.165) is 13.1 Å². The second-order valence-electron chi connectivity index (χ2n) is 4.00. The maximum Gasteiger partial charge on any atom is 0.216 e. The van der Waals surface area contributed by atoms with Gasteiger partial charge in [-0.25, -0.2) is 8.42 Å². The topological polar surface area (TPSA) is 67.9 Å². The molecule has 0 amide bonds. The summed E-state index contributed by atoms with van der Waals surface area (Å²) < 4.78 is 36.1. The van der Waals surface area contributed by atoms with Crippen molar-refractivity contribution in [2.24, 2.45) is 0 Å². The highest BCUT2D eigenvalue weighted by Gasteiger charge is 2.28. The number of sulfonamides is 1. The molecule has 0 aliphatic carbocycles. The standard InChI is InChI=1S/C9H18N2O4S.ClH/c12-16(13,11-3-1-10-2-4-11)8-9-7-14-5-6-15-9;/h9-10H,1-8H2;1H. The van der Waals surface area contributed by atoms with Crippen LogP contribution in [0.4, 0.5) is 0 Å². The van der Waals surface area contributed by atoms with Crippen molar-refractivity contribution < 1.29 is 17.9 Å². The van der Waals surface area contributed by atoms with Crippen LogP contribution in [-0.2, 0) is 19.5 Å². The molecule has 8 heteroatoms. The van der Waals surface area contributed by atoms with Gasteiger partial charge in [-0.05, 0) is 0 Å². The quantitative estimate of drug-likeness (QED) is 0.725. The Morgan fingerprint density at radius 1 is 1.24 bits per heavy atom. The molecule has 2 aliphatic rings. The van der Waals surface area contributed by atoms with Crippen LogP contribution in [0.5, 0.6) is 0 Å². The van der Waals surface area contributed by atoms with Gasteiger partial charge in [0.15, 0.2) is 0 Å². The van der Waals surface area contributed by atoms with Gasteiger partial charge in [0.25, 0.3) is 0 Å². The second-order valence-corrected chi connectivity index (χ2v) is 6.01. The van der Waals surface area contributed by atoms with E-state index >= 15 is 0 Å². The fraction of sp³-hybridized carbons (Fsp3) is 1.00. The minimum atomic E-state index is -3.19. The number of nitrogens with one attached hydrogen (secondary N) is 1. The number of rotatable bonds is 3. The highest BCUT2D eigenvalue weighted by molar-refractivity contribution is 7.89. The van der Waals surface area contributed by atoms with Gasteiger partial charge in [0.2, 0.25) is 10.0 Å². The molecule has 0 aromatic heterocycles. The lowest BCUT2D eigenvalue weighted by molar-refractivity contribution is -0.0785. The first kappa shape index (κ1) is 15.1. The molecule has 2 heterocycles. The Bertz CT molecular complexity index is 313. The molecular weight excluding hydrogens is 268 g/mol. The van der Waals surface area contributed by atoms with Gasteiger partial charge in [0.05, 0.1) is 31.7 Å². The van der Waals surface area contributed by atoms with E-state index in [1.54, 1.807) is 0 Å². The predicted octanol–water partition coefficient (Wildman–Crippen LogP) is -0.941. The van der Waals surface area contributed by atoms with Crippen molar-refractivity contribution in [1.82, 2.24) is 9.62 Å². The number of ether oxygens (including phenoxy) is 2. The van der Waals surface area contributed by atoms with E-state index in [2.05, 4.69) is 5.32 Å². The van der Waals surface area contributed by atoms with E-state index < -0.39 is 10.0 Å². The molecule has 6 nitrogen and oxygen atoms in total. The molecule has 0 spiro atoms. The van der Waals surface area contributed by atoms with E-state index in [9.17, 15) is 8.42 Å². The van der Waals surface area contributed by atoms with Crippen molar-refractivity contribution in [2.75, 3.05) is 51.8 Å². The SMILES string of the molecule is Cl.O=S(=O)(CC1COCCO1)N1CCNCC1. The number of piperazine rings is 1. The Morgan fingerprint density at radius 3 is 2.53 bits per heavy atom. The molecule has 1 unspecified atom stereocenters. The molecule has 0 aromatic rings. The van der Waals surface area contributed by atoms with E-state index in [1.165, 1.54) is 4.31 Å². The van der Waals surface area contributed by atoms with Crippen LogP contribution in [0.1, 0.15) is 0 Å². The van der Waals surface area contributed by atoms with Crippen molar-refractivity contribution in [3.63, 3.8) is 0 Å². The van der Waals surface area contributed by atoms with Gasteiger partial charge in [0.1, 0.15) is 0 Å². The van der Waals surface area contributed by atoms with Crippen LogP contribution in [0.25, 0.3) is 0 Å². The highest BCUT2D eigenvalue weighted by atomic mass is 35.5. The maximum absolute atomic E-state index is 12.0. The van der Waals surface area contributed by atoms with E-state index in [-0.39, 0.29) is 24.3 Å². The normalized spacial score (nSPS) is 27.4. The molecule has 1 N–H and O–H groups in total. The van der Waals surface area contributed by atoms with Crippen molar-refractivity contribution >= 4 is 22.4 Å². The highest BCUT2D eigenvalue weighted by Crippen LogP contribution is 2.09. The Labute approximate surface area is 108 Å². The Morgan fingerprint density at radius 2 is 1.94 bits per heavy atom. The monoisotopic (exact) mass is 286 g/mol. The van der Waals surface area contributed by atoms with Crippen LogP contribution >= 0.6 is 12.4 Å². The lowest BCUT2D eigenvalue weighted by Crippen LogP contribution is -2.49. The lowest BCUT2D eigenvalue weighted by atomic mass is 10.4. The molecule has 102 valence electrons. The van der Waals surface area contributed by atoms with E-state index in [0.29, 0.717) is 32.9 Å². The number of halogens is 1. The summed E-state index contributed by atoms with van der Waals surface area (Å²) in [5, 5.41) is 3.13. The number of nitrogens with zero attached hydrogens (tertiary/aromatic N) is 1. The summed E-state index contributed by atoms with van der Waals surface area (Å²) in [6.07, 6.45) is -0.311. The molecule has 0 saturated carbocycles. The van der Waals surface area contributed by atoms with Gasteiger partial charge >= 0.3 is 0 Å². The minimum absolute atomic E-state index is 0. The summed E-state index contributed by atoms with van der Waals surface area (Å²) in [6.45, 7) is 3.98. The fourth-order valence-electron chi connectivity index (χ4n) is 1.90. The zero-order valence-electron chi connectivity index (χ0n) is 9.63. The molecule has 2 aliphatic heterocycles. The van der Waals surface area contributed by atoms with Gasteiger partial charge in [-0.3, -0.25) is 0 Å². The van der Waals surface area contributed by atoms with E-state index in [4.69, 9.17) is 9.47 Å². The Hall–Kier alpha value is 0.0800. The molecule has 1 atom stereocenters. The average Bonchev–Trinajstić information content (AvgIpc) is 2.31. The first-order valence-electron chi connectivity index (χ1n) is 5.56. The van der Waals surface area contributed by atoms with Crippen LogP contribution in [0.2, 0.25) is 0 Å². The van der Waals surface area contributed by atoms with Crippen LogP contribution < -0.4 is 5.32 Å². The van der Waals surface area contributed by atoms with Crippen molar-refractivity contribution in [1.29, 1.82) is 0 Å². The fourth-order valence-corrected chi connectivity index (χ4v) is 3.51. The van der Waals surface area contributed by atoms with Crippen molar-refractivity contribution in [2.45, 2.75) is 6.10 Å². The van der Waals surface area contributed by atoms with Crippen LogP contribution in [0.3, 0.4) is 0 Å². The molecule has 0 aromatic carbocycles. The van der Waals surface area contributed by atoms with Crippen LogP contribution in [0.15, 0.2) is 0 Å². The predicted molar refractivity (Wildman–Crippen MR) is 66.0 cm³/mol. The molecule has 0 radical (unpaired) electrons. The van der Waals surface area contributed by atoms with Gasteiger partial charge in [0, 0.05) is 26.2 Å². The maximum atomic E-state index is 12.0. The first-order valence-corrected chi connectivity index (χ1v) is 7.17. The van der Waals surface area contributed by atoms with Crippen LogP contribution in [-0.4, -0.2) is 70.6 Å². The van der Waals surface area contributed by atoms with Gasteiger partial charge < -0.3 is 14.8 Å². The molecule has 2 saturated heterocycles. The zero-order valence-corrected chi connectivity index (χ0v) is 11.3. The Kier molecular flexibility index (Phi) is 6.11. The smallest absolute Gasteiger partial charge is 0.216 e. The molecule has 17 heavy (non-hydrogen) atoms. The summed E-state index contributed by atoms with van der Waals surface area (Å²) in [7, 11) is -3.19. The van der Waals surface area contributed by atoms with Gasteiger partial charge in [-0.1, -0.05) is 0 Å². The van der Waals surface area contributed by atoms with Crippen molar-refractivity contribution in [3.8, 4) is 0 Å². The lowest BCUT2D eigenvalue weighted by Gasteiger charge is -2.29. The zero-order chi connectivity index (χ0) is 11.4. The second kappa shape index (κ2) is 6.86. The average molecular weight is 287 g/mol. The third kappa shape index (κ3) is 4.35.